The Balaban J connectivity index is 1.95. The van der Waals surface area contributed by atoms with Gasteiger partial charge >= 0.3 is 12.0 Å². The van der Waals surface area contributed by atoms with Crippen LogP contribution in [0.25, 0.3) is 0 Å². The van der Waals surface area contributed by atoms with Crippen LogP contribution in [0.15, 0.2) is 16.6 Å². The van der Waals surface area contributed by atoms with Gasteiger partial charge in [-0.05, 0) is 22.0 Å². The van der Waals surface area contributed by atoms with Crippen molar-refractivity contribution < 1.29 is 23.5 Å². The number of aliphatic carboxylic acids is 1. The summed E-state index contributed by atoms with van der Waals surface area (Å²) in [5.41, 5.74) is -0.136. The summed E-state index contributed by atoms with van der Waals surface area (Å²) in [6.07, 6.45) is 0. The van der Waals surface area contributed by atoms with E-state index in [1.807, 2.05) is 0 Å². The summed E-state index contributed by atoms with van der Waals surface area (Å²) in [4.78, 5) is 24.1. The lowest BCUT2D eigenvalue weighted by atomic mass is 9.87. The first-order valence-corrected chi connectivity index (χ1v) is 7.02. The molecule has 8 heteroatoms. The number of urea groups is 1. The van der Waals surface area contributed by atoms with Gasteiger partial charge in [-0.15, -0.1) is 0 Å². The highest BCUT2D eigenvalue weighted by atomic mass is 79.9. The number of rotatable bonds is 3. The number of carbonyl (C=O) groups excluding carboxylic acids is 1. The Labute approximate surface area is 128 Å². The van der Waals surface area contributed by atoms with Gasteiger partial charge in [-0.1, -0.05) is 6.92 Å². The molecule has 114 valence electrons. The summed E-state index contributed by atoms with van der Waals surface area (Å²) in [5.74, 6) is -3.19. The number of benzene rings is 1. The largest absolute Gasteiger partial charge is 0.481 e. The Morgan fingerprint density at radius 1 is 1.38 bits per heavy atom. The second kappa shape index (κ2) is 5.97. The first-order chi connectivity index (χ1) is 9.79. The number of carboxylic acid groups (broad SMARTS) is 1. The highest BCUT2D eigenvalue weighted by Crippen LogP contribution is 2.27. The first kappa shape index (κ1) is 15.7. The number of hydrogen-bond donors (Lipinski definition) is 2. The molecule has 0 aliphatic carbocycles. The summed E-state index contributed by atoms with van der Waals surface area (Å²) >= 11 is 2.91. The summed E-state index contributed by atoms with van der Waals surface area (Å²) in [5, 5.41) is 11.2. The third kappa shape index (κ3) is 3.31. The van der Waals surface area contributed by atoms with Gasteiger partial charge in [0.15, 0.2) is 0 Å². The normalized spacial score (nSPS) is 16.3. The minimum atomic E-state index is -0.909. The van der Waals surface area contributed by atoms with Crippen molar-refractivity contribution in [2.45, 2.75) is 6.92 Å². The van der Waals surface area contributed by atoms with E-state index in [4.69, 9.17) is 5.11 Å². The molecule has 0 saturated carbocycles. The number of amides is 2. The molecule has 0 bridgehead atoms. The van der Waals surface area contributed by atoms with Gasteiger partial charge in [0.1, 0.15) is 11.6 Å². The Morgan fingerprint density at radius 2 is 2.00 bits per heavy atom. The molecule has 2 rings (SSSR count). The number of carboxylic acids is 1. The van der Waals surface area contributed by atoms with Crippen LogP contribution in [0, 0.1) is 23.5 Å². The highest BCUT2D eigenvalue weighted by Gasteiger charge is 2.37. The maximum absolute atomic E-state index is 13.5. The molecule has 0 spiro atoms. The van der Waals surface area contributed by atoms with Crippen LogP contribution in [-0.2, 0) is 4.79 Å². The van der Waals surface area contributed by atoms with E-state index in [0.29, 0.717) is 19.2 Å². The SMILES string of the molecule is CC(C(=O)O)C1CN(C(=O)Nc2cc(Br)c(F)cc2F)C1. The van der Waals surface area contributed by atoms with Crippen LogP contribution in [0.4, 0.5) is 19.3 Å². The van der Waals surface area contributed by atoms with Crippen LogP contribution < -0.4 is 5.32 Å². The Hall–Kier alpha value is -1.70. The predicted molar refractivity (Wildman–Crippen MR) is 74.9 cm³/mol. The number of anilines is 1. The molecule has 0 radical (unpaired) electrons. The molecular formula is C13H13BrF2N2O3. The fourth-order valence-corrected chi connectivity index (χ4v) is 2.35. The summed E-state index contributed by atoms with van der Waals surface area (Å²) in [7, 11) is 0. The molecule has 1 saturated heterocycles. The molecular weight excluding hydrogens is 350 g/mol. The molecule has 1 aromatic carbocycles. The van der Waals surface area contributed by atoms with Crippen LogP contribution >= 0.6 is 15.9 Å². The first-order valence-electron chi connectivity index (χ1n) is 6.23. The maximum atomic E-state index is 13.5. The van der Waals surface area contributed by atoms with E-state index >= 15 is 0 Å². The number of nitrogens with zero attached hydrogens (tertiary/aromatic N) is 1. The zero-order valence-corrected chi connectivity index (χ0v) is 12.7. The van der Waals surface area contributed by atoms with Crippen LogP contribution in [0.1, 0.15) is 6.92 Å². The van der Waals surface area contributed by atoms with Gasteiger partial charge in [0.25, 0.3) is 0 Å². The zero-order chi connectivity index (χ0) is 15.7. The van der Waals surface area contributed by atoms with Crippen molar-refractivity contribution in [2.24, 2.45) is 11.8 Å². The lowest BCUT2D eigenvalue weighted by Gasteiger charge is -2.41. The fourth-order valence-electron chi connectivity index (χ4n) is 2.01. The van der Waals surface area contributed by atoms with Crippen LogP contribution in [0.2, 0.25) is 0 Å². The number of carbonyl (C=O) groups is 2. The van der Waals surface area contributed by atoms with E-state index in [-0.39, 0.29) is 16.1 Å². The Morgan fingerprint density at radius 3 is 2.57 bits per heavy atom. The van der Waals surface area contributed by atoms with Crippen molar-refractivity contribution in [2.75, 3.05) is 18.4 Å². The molecule has 1 fully saturated rings. The molecule has 21 heavy (non-hydrogen) atoms. The second-order valence-corrected chi connectivity index (χ2v) is 5.82. The molecule has 0 aromatic heterocycles. The number of hydrogen-bond acceptors (Lipinski definition) is 2. The van der Waals surface area contributed by atoms with Gasteiger partial charge in [-0.2, -0.15) is 0 Å². The van der Waals surface area contributed by atoms with E-state index in [1.165, 1.54) is 4.90 Å². The molecule has 5 nitrogen and oxygen atoms in total. The fraction of sp³-hybridized carbons (Fsp3) is 0.385. The molecule has 1 aromatic rings. The third-order valence-corrected chi connectivity index (χ3v) is 4.15. The summed E-state index contributed by atoms with van der Waals surface area (Å²) < 4.78 is 26.6. The zero-order valence-electron chi connectivity index (χ0n) is 11.1. The van der Waals surface area contributed by atoms with Gasteiger partial charge < -0.3 is 15.3 Å². The molecule has 1 unspecified atom stereocenters. The molecule has 1 aliphatic rings. The summed E-state index contributed by atoms with van der Waals surface area (Å²) in [6.45, 7) is 2.17. The predicted octanol–water partition coefficient (Wildman–Crippen LogP) is 2.91. The van der Waals surface area contributed by atoms with Crippen molar-refractivity contribution in [3.8, 4) is 0 Å². The quantitative estimate of drug-likeness (QED) is 0.812. The molecule has 1 atom stereocenters. The van der Waals surface area contributed by atoms with E-state index in [1.54, 1.807) is 6.92 Å². The van der Waals surface area contributed by atoms with Crippen LogP contribution in [-0.4, -0.2) is 35.1 Å². The van der Waals surface area contributed by atoms with Gasteiger partial charge in [-0.25, -0.2) is 13.6 Å². The minimum Gasteiger partial charge on any atom is -0.481 e. The lowest BCUT2D eigenvalue weighted by Crippen LogP contribution is -2.54. The van der Waals surface area contributed by atoms with Crippen molar-refractivity contribution in [1.29, 1.82) is 0 Å². The van der Waals surface area contributed by atoms with E-state index < -0.39 is 29.6 Å². The van der Waals surface area contributed by atoms with Crippen molar-refractivity contribution in [1.82, 2.24) is 4.90 Å². The standard InChI is InChI=1S/C13H13BrF2N2O3/c1-6(12(19)20)7-4-18(5-7)13(21)17-11-2-8(14)9(15)3-10(11)16/h2-3,6-7H,4-5H2,1H3,(H,17,21)(H,19,20). The van der Waals surface area contributed by atoms with Gasteiger partial charge in [-0.3, -0.25) is 4.79 Å². The minimum absolute atomic E-state index is 0.0418. The Kier molecular flexibility index (Phi) is 4.46. The molecule has 1 heterocycles. The second-order valence-electron chi connectivity index (χ2n) is 4.97. The third-order valence-electron chi connectivity index (χ3n) is 3.55. The van der Waals surface area contributed by atoms with Crippen molar-refractivity contribution in [3.63, 3.8) is 0 Å². The number of likely N-dealkylation sites (tertiary alicyclic amines) is 1. The topological polar surface area (TPSA) is 69.6 Å². The van der Waals surface area contributed by atoms with E-state index in [0.717, 1.165) is 6.07 Å². The lowest BCUT2D eigenvalue weighted by molar-refractivity contribution is -0.144. The van der Waals surface area contributed by atoms with E-state index in [9.17, 15) is 18.4 Å². The van der Waals surface area contributed by atoms with Gasteiger partial charge in [0.2, 0.25) is 0 Å². The average molecular weight is 363 g/mol. The highest BCUT2D eigenvalue weighted by molar-refractivity contribution is 9.10. The monoisotopic (exact) mass is 362 g/mol. The van der Waals surface area contributed by atoms with Crippen LogP contribution in [0.5, 0.6) is 0 Å². The molecule has 1 aliphatic heterocycles. The Bertz CT molecular complexity index is 591. The van der Waals surface area contributed by atoms with Gasteiger partial charge in [0.05, 0.1) is 16.1 Å². The molecule has 2 amide bonds. The average Bonchev–Trinajstić information content (AvgIpc) is 2.33. The maximum Gasteiger partial charge on any atom is 0.321 e. The van der Waals surface area contributed by atoms with Crippen LogP contribution in [0.3, 0.4) is 0 Å². The smallest absolute Gasteiger partial charge is 0.321 e. The number of nitrogens with one attached hydrogen (secondary N) is 1. The number of halogens is 3. The van der Waals surface area contributed by atoms with Crippen molar-refractivity contribution >= 4 is 33.6 Å². The summed E-state index contributed by atoms with van der Waals surface area (Å²) in [6, 6.07) is 1.27. The van der Waals surface area contributed by atoms with Gasteiger partial charge in [0, 0.05) is 25.1 Å². The molecule has 2 N–H and O–H groups in total. The van der Waals surface area contributed by atoms with Crippen molar-refractivity contribution in [3.05, 3.63) is 28.2 Å². The van der Waals surface area contributed by atoms with E-state index in [2.05, 4.69) is 21.2 Å².